The molecule has 0 aromatic heterocycles. The average molecular weight is 475 g/mol. The van der Waals surface area contributed by atoms with Crippen LogP contribution in [0.4, 0.5) is 0 Å². The van der Waals surface area contributed by atoms with Gasteiger partial charge in [-0.25, -0.2) is 0 Å². The van der Waals surface area contributed by atoms with Crippen LogP contribution in [0, 0.1) is 17.8 Å². The summed E-state index contributed by atoms with van der Waals surface area (Å²) in [4.78, 5) is 10.6. The quantitative estimate of drug-likeness (QED) is 0.231. The normalized spacial score (nSPS) is 27.1. The molecule has 0 saturated carbocycles. The molecule has 4 nitrogen and oxygen atoms in total. The van der Waals surface area contributed by atoms with Crippen molar-refractivity contribution in [2.75, 3.05) is 11.5 Å². The van der Waals surface area contributed by atoms with Gasteiger partial charge in [0.1, 0.15) is 0 Å². The van der Waals surface area contributed by atoms with Crippen molar-refractivity contribution in [2.45, 2.75) is 89.4 Å². The van der Waals surface area contributed by atoms with Gasteiger partial charge in [0.25, 0.3) is 0 Å². The van der Waals surface area contributed by atoms with Gasteiger partial charge in [-0.1, -0.05) is 62.8 Å². The topological polar surface area (TPSA) is 66.8 Å². The van der Waals surface area contributed by atoms with Crippen LogP contribution >= 0.6 is 11.8 Å². The monoisotopic (exact) mass is 474 g/mol. The Kier molecular flexibility index (Phi) is 10.8. The highest BCUT2D eigenvalue weighted by molar-refractivity contribution is 7.99. The summed E-state index contributed by atoms with van der Waals surface area (Å²) in [6.07, 6.45) is 12.3. The van der Waals surface area contributed by atoms with Gasteiger partial charge in [-0.3, -0.25) is 4.79 Å². The predicted octanol–water partition coefficient (Wildman–Crippen LogP) is 6.30. The molecule has 3 unspecified atom stereocenters. The van der Waals surface area contributed by atoms with Gasteiger partial charge < -0.3 is 14.9 Å². The number of thioether (sulfide) groups is 1. The highest BCUT2D eigenvalue weighted by Gasteiger charge is 2.47. The molecule has 184 valence electrons. The van der Waals surface area contributed by atoms with Crippen LogP contribution in [0.1, 0.15) is 76.7 Å². The number of carboxylic acid groups (broad SMARTS) is 1. The van der Waals surface area contributed by atoms with Crippen molar-refractivity contribution in [3.63, 3.8) is 0 Å². The number of aliphatic hydroxyl groups excluding tert-OH is 1. The highest BCUT2D eigenvalue weighted by atomic mass is 32.2. The van der Waals surface area contributed by atoms with Crippen molar-refractivity contribution in [2.24, 2.45) is 17.8 Å². The molecule has 0 radical (unpaired) electrons. The molecule has 2 N–H and O–H groups in total. The molecule has 7 atom stereocenters. The van der Waals surface area contributed by atoms with E-state index in [1.54, 1.807) is 0 Å². The first-order valence-corrected chi connectivity index (χ1v) is 14.0. The SMILES string of the molecule is CCC(C(O)CSCC[C@H]1[C@@H](C/C=C\CCCC(=O)O)[C@H]2CC[C@@H]1O2)C(C)c1ccccc1. The Labute approximate surface area is 204 Å². The van der Waals surface area contributed by atoms with Gasteiger partial charge in [-0.15, -0.1) is 0 Å². The standard InChI is InChI=1S/C28H42O4S/c1-3-22(20(2)21-11-7-6-8-12-21)25(29)19-33-18-17-24-23(26-15-16-27(24)32-26)13-9-4-5-10-14-28(30)31/h4,6-9,11-12,20,22-27,29H,3,5,10,13-19H2,1-2H3,(H,30,31)/b9-4-/t20?,22?,23-,24+,25?,26-,27+/m1/s1. The second kappa shape index (κ2) is 13.6. The van der Waals surface area contributed by atoms with Crippen LogP contribution in [0.25, 0.3) is 0 Å². The number of aliphatic carboxylic acids is 1. The Hall–Kier alpha value is -1.30. The summed E-state index contributed by atoms with van der Waals surface area (Å²) in [5.41, 5.74) is 1.31. The first-order chi connectivity index (χ1) is 16.0. The summed E-state index contributed by atoms with van der Waals surface area (Å²) < 4.78 is 6.25. The smallest absolute Gasteiger partial charge is 0.303 e. The fraction of sp³-hybridized carbons (Fsp3) is 0.679. The zero-order chi connectivity index (χ0) is 23.6. The van der Waals surface area contributed by atoms with Crippen LogP contribution in [-0.2, 0) is 9.53 Å². The van der Waals surface area contributed by atoms with E-state index < -0.39 is 5.97 Å². The minimum Gasteiger partial charge on any atom is -0.481 e. The third-order valence-corrected chi connectivity index (χ3v) is 8.85. The third kappa shape index (κ3) is 7.60. The van der Waals surface area contributed by atoms with E-state index in [9.17, 15) is 9.90 Å². The lowest BCUT2D eigenvalue weighted by molar-refractivity contribution is -0.137. The summed E-state index contributed by atoms with van der Waals surface area (Å²) in [6.45, 7) is 4.42. The van der Waals surface area contributed by atoms with Crippen molar-refractivity contribution < 1.29 is 19.7 Å². The van der Waals surface area contributed by atoms with E-state index in [1.165, 1.54) is 18.4 Å². The highest BCUT2D eigenvalue weighted by Crippen LogP contribution is 2.47. The molecular formula is C28H42O4S. The number of hydrogen-bond acceptors (Lipinski definition) is 4. The molecule has 2 bridgehead atoms. The van der Waals surface area contributed by atoms with E-state index in [1.807, 2.05) is 17.8 Å². The molecule has 2 fully saturated rings. The lowest BCUT2D eigenvalue weighted by atomic mass is 9.76. The van der Waals surface area contributed by atoms with Crippen molar-refractivity contribution in [1.82, 2.24) is 0 Å². The zero-order valence-corrected chi connectivity index (χ0v) is 21.1. The number of benzene rings is 1. The number of hydrogen-bond donors (Lipinski definition) is 2. The number of carbonyl (C=O) groups is 1. The van der Waals surface area contributed by atoms with E-state index in [2.05, 4.69) is 50.3 Å². The van der Waals surface area contributed by atoms with Gasteiger partial charge in [0, 0.05) is 12.2 Å². The van der Waals surface area contributed by atoms with Crippen LogP contribution in [0.3, 0.4) is 0 Å². The summed E-state index contributed by atoms with van der Waals surface area (Å²) in [7, 11) is 0. The summed E-state index contributed by atoms with van der Waals surface area (Å²) in [5.74, 6) is 3.00. The Balaban J connectivity index is 1.41. The van der Waals surface area contributed by atoms with Crippen LogP contribution in [0.5, 0.6) is 0 Å². The molecule has 2 aliphatic rings. The number of carboxylic acids is 1. The summed E-state index contributed by atoms with van der Waals surface area (Å²) in [5, 5.41) is 19.7. The van der Waals surface area contributed by atoms with Gasteiger partial charge in [-0.05, 0) is 73.5 Å². The van der Waals surface area contributed by atoms with Crippen LogP contribution in [0.15, 0.2) is 42.5 Å². The number of rotatable bonds is 15. The van der Waals surface area contributed by atoms with Crippen molar-refractivity contribution in [3.05, 3.63) is 48.0 Å². The number of ether oxygens (including phenoxy) is 1. The van der Waals surface area contributed by atoms with Crippen molar-refractivity contribution in [3.8, 4) is 0 Å². The Morgan fingerprint density at radius 1 is 1.18 bits per heavy atom. The molecule has 33 heavy (non-hydrogen) atoms. The van der Waals surface area contributed by atoms with Gasteiger partial charge in [0.05, 0.1) is 18.3 Å². The Morgan fingerprint density at radius 2 is 1.91 bits per heavy atom. The number of allylic oxidation sites excluding steroid dienone is 2. The fourth-order valence-electron chi connectivity index (χ4n) is 5.85. The van der Waals surface area contributed by atoms with E-state index in [-0.39, 0.29) is 18.4 Å². The number of aliphatic hydroxyl groups is 1. The number of unbranched alkanes of at least 4 members (excludes halogenated alkanes) is 1. The van der Waals surface area contributed by atoms with Gasteiger partial charge in [0.2, 0.25) is 0 Å². The molecule has 1 aromatic rings. The molecule has 2 aliphatic heterocycles. The van der Waals surface area contributed by atoms with E-state index in [0.29, 0.717) is 36.4 Å². The molecule has 0 spiro atoms. The van der Waals surface area contributed by atoms with E-state index in [0.717, 1.165) is 37.2 Å². The largest absolute Gasteiger partial charge is 0.481 e. The average Bonchev–Trinajstić information content (AvgIpc) is 3.42. The molecule has 5 heteroatoms. The molecule has 3 rings (SSSR count). The summed E-state index contributed by atoms with van der Waals surface area (Å²) >= 11 is 1.89. The molecule has 2 heterocycles. The first kappa shape index (κ1) is 26.3. The minimum atomic E-state index is -0.715. The van der Waals surface area contributed by atoms with E-state index >= 15 is 0 Å². The van der Waals surface area contributed by atoms with Gasteiger partial charge >= 0.3 is 5.97 Å². The molecule has 0 amide bonds. The minimum absolute atomic E-state index is 0.246. The Morgan fingerprint density at radius 3 is 2.61 bits per heavy atom. The Bertz CT molecular complexity index is 737. The summed E-state index contributed by atoms with van der Waals surface area (Å²) in [6, 6.07) is 10.6. The molecule has 1 aromatic carbocycles. The maximum Gasteiger partial charge on any atom is 0.303 e. The fourth-order valence-corrected chi connectivity index (χ4v) is 6.94. The molecule has 2 saturated heterocycles. The van der Waals surface area contributed by atoms with Crippen molar-refractivity contribution >= 4 is 17.7 Å². The maximum atomic E-state index is 10.9. The second-order valence-electron chi connectivity index (χ2n) is 9.81. The van der Waals surface area contributed by atoms with Gasteiger partial charge in [0.15, 0.2) is 0 Å². The van der Waals surface area contributed by atoms with Crippen LogP contribution in [0.2, 0.25) is 0 Å². The zero-order valence-electron chi connectivity index (χ0n) is 20.3. The molecule has 0 aliphatic carbocycles. The predicted molar refractivity (Wildman–Crippen MR) is 137 cm³/mol. The third-order valence-electron chi connectivity index (χ3n) is 7.74. The van der Waals surface area contributed by atoms with Crippen molar-refractivity contribution in [1.29, 1.82) is 0 Å². The lowest BCUT2D eigenvalue weighted by Crippen LogP contribution is -2.28. The second-order valence-corrected chi connectivity index (χ2v) is 11.0. The van der Waals surface area contributed by atoms with Crippen LogP contribution < -0.4 is 0 Å². The van der Waals surface area contributed by atoms with Gasteiger partial charge in [-0.2, -0.15) is 11.8 Å². The maximum absolute atomic E-state index is 10.9. The van der Waals surface area contributed by atoms with Crippen LogP contribution in [-0.4, -0.2) is 46.0 Å². The van der Waals surface area contributed by atoms with E-state index in [4.69, 9.17) is 9.84 Å². The number of fused-ring (bicyclic) bond motifs is 2. The first-order valence-electron chi connectivity index (χ1n) is 12.8. The molecular weight excluding hydrogens is 432 g/mol. The lowest BCUT2D eigenvalue weighted by Gasteiger charge is -2.29.